The van der Waals surface area contributed by atoms with E-state index in [4.69, 9.17) is 18.9 Å². The Morgan fingerprint density at radius 2 is 1.70 bits per heavy atom. The third-order valence-corrected chi connectivity index (χ3v) is 6.52. The first kappa shape index (κ1) is 32.4. The Labute approximate surface area is 257 Å². The molecule has 44 heavy (non-hydrogen) atoms. The second kappa shape index (κ2) is 13.4. The molecule has 4 rings (SSSR count). The minimum atomic E-state index is -0.755. The summed E-state index contributed by atoms with van der Waals surface area (Å²) in [6.45, 7) is 12.6. The van der Waals surface area contributed by atoms with Crippen LogP contribution >= 0.6 is 0 Å². The summed E-state index contributed by atoms with van der Waals surface area (Å²) in [6, 6.07) is 9.04. The average molecular weight is 604 g/mol. The molecule has 234 valence electrons. The Morgan fingerprint density at radius 3 is 2.39 bits per heavy atom. The van der Waals surface area contributed by atoms with E-state index in [0.717, 1.165) is 22.2 Å². The molecule has 3 heterocycles. The molecule has 11 heteroatoms. The van der Waals surface area contributed by atoms with Crippen molar-refractivity contribution in [1.82, 2.24) is 24.8 Å². The summed E-state index contributed by atoms with van der Waals surface area (Å²) in [4.78, 5) is 52.0. The number of aryl methyl sites for hydroxylation is 1. The van der Waals surface area contributed by atoms with Gasteiger partial charge >= 0.3 is 12.2 Å². The fraction of sp³-hybridized carbons (Fsp3) is 0.455. The topological polar surface area (TPSA) is 138 Å². The fourth-order valence-corrected chi connectivity index (χ4v) is 4.62. The summed E-state index contributed by atoms with van der Waals surface area (Å²) in [5.41, 5.74) is 1.62. The minimum Gasteiger partial charge on any atom is -0.444 e. The molecule has 0 unspecified atom stereocenters. The van der Waals surface area contributed by atoms with Crippen LogP contribution in [0.4, 0.5) is 9.59 Å². The first-order valence-electron chi connectivity index (χ1n) is 14.8. The highest BCUT2D eigenvalue weighted by Crippen LogP contribution is 2.29. The molecule has 0 saturated carbocycles. The van der Waals surface area contributed by atoms with Crippen molar-refractivity contribution >= 4 is 28.9 Å². The molecule has 0 spiro atoms. The van der Waals surface area contributed by atoms with Gasteiger partial charge < -0.3 is 19.2 Å². The van der Waals surface area contributed by atoms with Crippen LogP contribution in [0.5, 0.6) is 0 Å². The maximum atomic E-state index is 13.5. The van der Waals surface area contributed by atoms with Crippen molar-refractivity contribution in [3.05, 3.63) is 66.4 Å². The fourth-order valence-electron chi connectivity index (χ4n) is 4.62. The lowest BCUT2D eigenvalue weighted by atomic mass is 10.1. The van der Waals surface area contributed by atoms with Crippen LogP contribution in [-0.2, 0) is 9.47 Å². The van der Waals surface area contributed by atoms with Gasteiger partial charge in [0.05, 0.1) is 23.4 Å². The number of aromatic nitrogens is 4. The number of hydrogen-bond donors (Lipinski definition) is 1. The monoisotopic (exact) mass is 603 g/mol. The van der Waals surface area contributed by atoms with Gasteiger partial charge in [0.25, 0.3) is 5.89 Å². The SMILES string of the molecule is Cc1ccc2cc(-c3cn(C(=O)OC(C)(C)C)c([C@H](CCCCCC(=O)c4ncco4)NC(=O)OC(C)(C)C)n3)ccc2n1. The van der Waals surface area contributed by atoms with E-state index < -0.39 is 29.4 Å². The number of rotatable bonds is 10. The summed E-state index contributed by atoms with van der Waals surface area (Å²) in [5.74, 6) is 0.253. The summed E-state index contributed by atoms with van der Waals surface area (Å²) in [6.07, 6.45) is 5.86. The van der Waals surface area contributed by atoms with E-state index in [2.05, 4.69) is 15.3 Å². The number of ketones is 1. The smallest absolute Gasteiger partial charge is 0.420 e. The second-order valence-electron chi connectivity index (χ2n) is 12.8. The molecular weight excluding hydrogens is 562 g/mol. The summed E-state index contributed by atoms with van der Waals surface area (Å²) < 4.78 is 17.7. The molecule has 1 amide bonds. The van der Waals surface area contributed by atoms with Crippen LogP contribution in [0.2, 0.25) is 0 Å². The highest BCUT2D eigenvalue weighted by Gasteiger charge is 2.29. The number of pyridine rings is 1. The van der Waals surface area contributed by atoms with Gasteiger partial charge in [0.15, 0.2) is 0 Å². The minimum absolute atomic E-state index is 0.0981. The van der Waals surface area contributed by atoms with Crippen molar-refractivity contribution in [2.45, 2.75) is 97.8 Å². The van der Waals surface area contributed by atoms with Crippen molar-refractivity contribution < 1.29 is 28.3 Å². The van der Waals surface area contributed by atoms with Crippen molar-refractivity contribution in [1.29, 1.82) is 0 Å². The number of imidazole rings is 1. The number of alkyl carbamates (subject to hydrolysis) is 1. The van der Waals surface area contributed by atoms with Crippen LogP contribution in [-0.4, -0.2) is 48.7 Å². The maximum Gasteiger partial charge on any atom is 0.420 e. The average Bonchev–Trinajstić information content (AvgIpc) is 3.61. The van der Waals surface area contributed by atoms with Gasteiger partial charge in [0.2, 0.25) is 5.78 Å². The van der Waals surface area contributed by atoms with E-state index in [-0.39, 0.29) is 18.1 Å². The van der Waals surface area contributed by atoms with Crippen LogP contribution in [0.1, 0.15) is 102 Å². The van der Waals surface area contributed by atoms with Gasteiger partial charge in [-0.2, -0.15) is 0 Å². The number of Topliss-reactive ketones (excluding diaryl/α,β-unsaturated/α-hetero) is 1. The summed E-state index contributed by atoms with van der Waals surface area (Å²) in [7, 11) is 0. The molecule has 0 aliphatic heterocycles. The van der Waals surface area contributed by atoms with Crippen LogP contribution in [0.3, 0.4) is 0 Å². The van der Waals surface area contributed by atoms with Crippen LogP contribution in [0.15, 0.2) is 53.4 Å². The number of amides is 1. The third-order valence-electron chi connectivity index (χ3n) is 6.52. The Hall–Kier alpha value is -4.54. The lowest BCUT2D eigenvalue weighted by Gasteiger charge is -2.25. The molecule has 0 aliphatic carbocycles. The molecule has 1 atom stereocenters. The number of unbranched alkanes of at least 4 members (excludes halogenated alkanes) is 2. The Bertz CT molecular complexity index is 1610. The van der Waals surface area contributed by atoms with Crippen molar-refractivity contribution in [2.24, 2.45) is 0 Å². The lowest BCUT2D eigenvalue weighted by Crippen LogP contribution is -2.37. The number of nitrogens with one attached hydrogen (secondary N) is 1. The molecule has 4 aromatic rings. The number of carbonyl (C=O) groups is 3. The van der Waals surface area contributed by atoms with Gasteiger partial charge in [-0.05, 0) is 79.5 Å². The standard InChI is InChI=1S/C33H41N5O6/c1-21-13-14-22-19-23(15-16-24(22)35-21)26-20-38(31(41)44-33(5,6)7)28(36-26)25(37-30(40)43-32(2,3)4)11-9-8-10-12-27(39)29-34-17-18-42-29/h13-20,25H,8-12H2,1-7H3,(H,37,40)/t25-/m0/s1. The Balaban J connectivity index is 1.63. The maximum absolute atomic E-state index is 13.5. The third kappa shape index (κ3) is 8.98. The van der Waals surface area contributed by atoms with E-state index in [1.165, 1.54) is 17.0 Å². The van der Waals surface area contributed by atoms with Crippen LogP contribution in [0, 0.1) is 6.92 Å². The number of oxazole rings is 1. The molecule has 0 bridgehead atoms. The Morgan fingerprint density at radius 1 is 0.955 bits per heavy atom. The zero-order valence-corrected chi connectivity index (χ0v) is 26.5. The molecule has 0 aliphatic rings. The lowest BCUT2D eigenvalue weighted by molar-refractivity contribution is 0.0470. The van der Waals surface area contributed by atoms with Crippen molar-refractivity contribution in [2.75, 3.05) is 0 Å². The van der Waals surface area contributed by atoms with Gasteiger partial charge in [-0.25, -0.2) is 24.1 Å². The van der Waals surface area contributed by atoms with E-state index in [1.807, 2.05) is 37.3 Å². The number of fused-ring (bicyclic) bond motifs is 1. The van der Waals surface area contributed by atoms with Gasteiger partial charge in [0.1, 0.15) is 23.3 Å². The van der Waals surface area contributed by atoms with E-state index in [9.17, 15) is 14.4 Å². The second-order valence-corrected chi connectivity index (χ2v) is 12.8. The molecule has 3 aromatic heterocycles. The number of carbonyl (C=O) groups excluding carboxylic acids is 3. The molecule has 1 aromatic carbocycles. The van der Waals surface area contributed by atoms with Gasteiger partial charge in [-0.1, -0.05) is 25.0 Å². The van der Waals surface area contributed by atoms with Crippen LogP contribution in [0.25, 0.3) is 22.2 Å². The van der Waals surface area contributed by atoms with Gasteiger partial charge in [-0.15, -0.1) is 0 Å². The highest BCUT2D eigenvalue weighted by molar-refractivity contribution is 5.91. The number of nitrogens with zero attached hydrogens (tertiary/aromatic N) is 4. The number of hydrogen-bond acceptors (Lipinski definition) is 9. The number of ether oxygens (including phenoxy) is 2. The van der Waals surface area contributed by atoms with Crippen molar-refractivity contribution in [3.8, 4) is 11.3 Å². The predicted molar refractivity (Wildman–Crippen MR) is 165 cm³/mol. The predicted octanol–water partition coefficient (Wildman–Crippen LogP) is 7.58. The van der Waals surface area contributed by atoms with E-state index >= 15 is 0 Å². The zero-order valence-electron chi connectivity index (χ0n) is 26.5. The van der Waals surface area contributed by atoms with Gasteiger partial charge in [0, 0.05) is 29.3 Å². The van der Waals surface area contributed by atoms with E-state index in [0.29, 0.717) is 37.2 Å². The van der Waals surface area contributed by atoms with Gasteiger partial charge in [-0.3, -0.25) is 9.78 Å². The van der Waals surface area contributed by atoms with Crippen molar-refractivity contribution in [3.63, 3.8) is 0 Å². The highest BCUT2D eigenvalue weighted by atomic mass is 16.6. The molecular formula is C33H41N5O6. The normalized spacial score (nSPS) is 12.6. The number of benzene rings is 1. The first-order chi connectivity index (χ1) is 20.7. The summed E-state index contributed by atoms with van der Waals surface area (Å²) in [5, 5.41) is 3.85. The first-order valence-corrected chi connectivity index (χ1v) is 14.8. The molecule has 11 nitrogen and oxygen atoms in total. The largest absolute Gasteiger partial charge is 0.444 e. The zero-order chi connectivity index (χ0) is 32.1. The molecule has 0 fully saturated rings. The van der Waals surface area contributed by atoms with Crippen LogP contribution < -0.4 is 5.32 Å². The quantitative estimate of drug-likeness (QED) is 0.144. The molecule has 0 saturated heterocycles. The summed E-state index contributed by atoms with van der Waals surface area (Å²) >= 11 is 0. The molecule has 1 N–H and O–H groups in total. The van der Waals surface area contributed by atoms with E-state index in [1.54, 1.807) is 47.7 Å². The molecule has 0 radical (unpaired) electrons. The Kier molecular flexibility index (Phi) is 9.86.